The largest absolute Gasteiger partial charge is 0.496 e. The van der Waals surface area contributed by atoms with Gasteiger partial charge in [0, 0.05) is 17.5 Å². The van der Waals surface area contributed by atoms with Crippen molar-refractivity contribution in [1.82, 2.24) is 0 Å². The van der Waals surface area contributed by atoms with Crippen molar-refractivity contribution in [3.8, 4) is 5.75 Å². The van der Waals surface area contributed by atoms with Crippen LogP contribution in [0, 0.1) is 6.92 Å². The number of esters is 2. The summed E-state index contributed by atoms with van der Waals surface area (Å²) in [5, 5.41) is 1.83. The topological polar surface area (TPSA) is 90.9 Å². The molecule has 1 aromatic carbocycles. The number of cyclic esters (lactones) is 1. The molecular formula is C22H26F3NO6. The Hall–Kier alpha value is -3.04. The Kier molecular flexibility index (Phi) is 7.92. The van der Waals surface area contributed by atoms with Gasteiger partial charge in [-0.1, -0.05) is 11.6 Å². The number of anilines is 1. The maximum absolute atomic E-state index is 12.9. The molecule has 0 aliphatic carbocycles. The molecule has 1 aromatic rings. The van der Waals surface area contributed by atoms with Crippen molar-refractivity contribution in [2.24, 2.45) is 0 Å². The third-order valence-electron chi connectivity index (χ3n) is 4.92. The molecule has 0 atom stereocenters. The predicted octanol–water partition coefficient (Wildman–Crippen LogP) is 4.40. The molecule has 32 heavy (non-hydrogen) atoms. The third kappa shape index (κ3) is 5.80. The molecule has 1 aliphatic heterocycles. The Bertz CT molecular complexity index is 950. The number of fused-ring (bicyclic) bond motifs is 1. The van der Waals surface area contributed by atoms with Gasteiger partial charge in [-0.15, -0.1) is 0 Å². The smallest absolute Gasteiger partial charge is 0.471 e. The first kappa shape index (κ1) is 25.2. The minimum absolute atomic E-state index is 0.0586. The number of carbonyl (C=O) groups excluding carboxylic acids is 3. The van der Waals surface area contributed by atoms with Crippen LogP contribution in [0.2, 0.25) is 0 Å². The van der Waals surface area contributed by atoms with Crippen LogP contribution in [0.25, 0.3) is 0 Å². The van der Waals surface area contributed by atoms with E-state index >= 15 is 0 Å². The van der Waals surface area contributed by atoms with Crippen LogP contribution in [0.5, 0.6) is 5.75 Å². The van der Waals surface area contributed by atoms with Gasteiger partial charge >= 0.3 is 24.0 Å². The molecule has 10 heteroatoms. The minimum atomic E-state index is -5.15. The van der Waals surface area contributed by atoms with Crippen LogP contribution in [0.1, 0.15) is 60.7 Å². The SMILES string of the molecule is COc1c(C)c2c(c(NC(=O)C(F)(F)F)c1CC=C(C)CCC(=O)OC(C)C)C(=O)OC2. The second kappa shape index (κ2) is 10.1. The Morgan fingerprint density at radius 1 is 1.25 bits per heavy atom. The number of carbonyl (C=O) groups is 3. The predicted molar refractivity (Wildman–Crippen MR) is 109 cm³/mol. The lowest BCUT2D eigenvalue weighted by Gasteiger charge is -2.20. The summed E-state index contributed by atoms with van der Waals surface area (Å²) in [6, 6.07) is 0. The summed E-state index contributed by atoms with van der Waals surface area (Å²) in [6.45, 7) is 6.78. The highest BCUT2D eigenvalue weighted by molar-refractivity contribution is 6.07. The van der Waals surface area contributed by atoms with Gasteiger partial charge < -0.3 is 19.5 Å². The molecule has 1 heterocycles. The van der Waals surface area contributed by atoms with Gasteiger partial charge in [0.15, 0.2) is 0 Å². The number of benzene rings is 1. The summed E-state index contributed by atoms with van der Waals surface area (Å²) in [5.74, 6) is -3.13. The highest BCUT2D eigenvalue weighted by Gasteiger charge is 2.41. The van der Waals surface area contributed by atoms with Gasteiger partial charge in [-0.2, -0.15) is 13.2 Å². The first-order valence-corrected chi connectivity index (χ1v) is 9.99. The van der Waals surface area contributed by atoms with E-state index in [9.17, 15) is 27.6 Å². The lowest BCUT2D eigenvalue weighted by Crippen LogP contribution is -2.31. The summed E-state index contributed by atoms with van der Waals surface area (Å²) in [7, 11) is 1.35. The molecule has 0 saturated heterocycles. The van der Waals surface area contributed by atoms with E-state index in [1.54, 1.807) is 33.8 Å². The van der Waals surface area contributed by atoms with Crippen LogP contribution in [0.4, 0.5) is 18.9 Å². The second-order valence-corrected chi connectivity index (χ2v) is 7.69. The van der Waals surface area contributed by atoms with E-state index in [1.807, 2.05) is 5.32 Å². The van der Waals surface area contributed by atoms with Crippen LogP contribution in [0.3, 0.4) is 0 Å². The van der Waals surface area contributed by atoms with E-state index in [1.165, 1.54) is 7.11 Å². The highest BCUT2D eigenvalue weighted by Crippen LogP contribution is 2.42. The maximum atomic E-state index is 12.9. The van der Waals surface area contributed by atoms with Crippen molar-refractivity contribution in [1.29, 1.82) is 0 Å². The second-order valence-electron chi connectivity index (χ2n) is 7.69. The van der Waals surface area contributed by atoms with Gasteiger partial charge in [0.2, 0.25) is 0 Å². The zero-order chi connectivity index (χ0) is 24.2. The monoisotopic (exact) mass is 457 g/mol. The van der Waals surface area contributed by atoms with E-state index in [2.05, 4.69) is 0 Å². The molecule has 2 rings (SSSR count). The standard InChI is InChI=1S/C22H26F3NO6/c1-11(2)32-16(27)9-7-12(3)6-8-14-18(26-21(29)22(23,24)25)17-15(10-31-20(17)28)13(4)19(14)30-5/h6,11H,7-10H2,1-5H3,(H,26,29). The molecule has 0 bridgehead atoms. The van der Waals surface area contributed by atoms with E-state index in [4.69, 9.17) is 14.2 Å². The van der Waals surface area contributed by atoms with Crippen molar-refractivity contribution in [2.75, 3.05) is 12.4 Å². The zero-order valence-electron chi connectivity index (χ0n) is 18.6. The molecule has 1 amide bonds. The normalized spacial score (nSPS) is 13.7. The van der Waals surface area contributed by atoms with Crippen LogP contribution >= 0.6 is 0 Å². The molecule has 0 radical (unpaired) electrons. The summed E-state index contributed by atoms with van der Waals surface area (Å²) >= 11 is 0. The van der Waals surface area contributed by atoms with Crippen molar-refractivity contribution in [2.45, 2.75) is 65.8 Å². The number of hydrogen-bond donors (Lipinski definition) is 1. The molecule has 1 N–H and O–H groups in total. The Morgan fingerprint density at radius 3 is 2.47 bits per heavy atom. The molecular weight excluding hydrogens is 431 g/mol. The van der Waals surface area contributed by atoms with E-state index in [-0.39, 0.29) is 54.1 Å². The Morgan fingerprint density at radius 2 is 1.91 bits per heavy atom. The van der Waals surface area contributed by atoms with Crippen LogP contribution in [-0.4, -0.2) is 37.2 Å². The van der Waals surface area contributed by atoms with E-state index in [0.717, 1.165) is 5.57 Å². The maximum Gasteiger partial charge on any atom is 0.471 e. The van der Waals surface area contributed by atoms with Gasteiger partial charge in [0.1, 0.15) is 12.4 Å². The average molecular weight is 457 g/mol. The molecule has 0 fully saturated rings. The number of amides is 1. The molecule has 7 nitrogen and oxygen atoms in total. The number of allylic oxidation sites excluding steroid dienone is 2. The molecule has 0 aromatic heterocycles. The van der Waals surface area contributed by atoms with Crippen LogP contribution in [0.15, 0.2) is 11.6 Å². The van der Waals surface area contributed by atoms with Crippen molar-refractivity contribution >= 4 is 23.5 Å². The summed E-state index contributed by atoms with van der Waals surface area (Å²) in [6.07, 6.45) is -3.09. The Balaban J connectivity index is 2.43. The van der Waals surface area contributed by atoms with E-state index < -0.39 is 18.1 Å². The number of ether oxygens (including phenoxy) is 3. The lowest BCUT2D eigenvalue weighted by molar-refractivity contribution is -0.167. The van der Waals surface area contributed by atoms with Crippen LogP contribution in [-0.2, 0) is 32.1 Å². The van der Waals surface area contributed by atoms with Gasteiger partial charge in [0.05, 0.1) is 24.5 Å². The quantitative estimate of drug-likeness (QED) is 0.460. The summed E-state index contributed by atoms with van der Waals surface area (Å²) in [5.41, 5.74) is 1.51. The number of nitrogens with one attached hydrogen (secondary N) is 1. The Labute approximate surface area is 183 Å². The molecule has 0 unspecified atom stereocenters. The number of rotatable bonds is 8. The fourth-order valence-electron chi connectivity index (χ4n) is 3.37. The molecule has 0 saturated carbocycles. The van der Waals surface area contributed by atoms with Gasteiger partial charge in [-0.05, 0) is 46.1 Å². The first-order valence-electron chi connectivity index (χ1n) is 9.99. The fraction of sp³-hybridized carbons (Fsp3) is 0.500. The average Bonchev–Trinajstić information content (AvgIpc) is 3.07. The number of halogens is 3. The fourth-order valence-corrected chi connectivity index (χ4v) is 3.37. The minimum Gasteiger partial charge on any atom is -0.496 e. The zero-order valence-corrected chi connectivity index (χ0v) is 18.6. The third-order valence-corrected chi connectivity index (χ3v) is 4.92. The lowest BCUT2D eigenvalue weighted by atomic mass is 9.93. The molecule has 176 valence electrons. The highest BCUT2D eigenvalue weighted by atomic mass is 19.4. The van der Waals surface area contributed by atoms with Crippen molar-refractivity contribution in [3.05, 3.63) is 33.9 Å². The van der Waals surface area contributed by atoms with Gasteiger partial charge in [0.25, 0.3) is 0 Å². The van der Waals surface area contributed by atoms with Crippen LogP contribution < -0.4 is 10.1 Å². The first-order chi connectivity index (χ1) is 14.9. The molecule has 0 spiro atoms. The van der Waals surface area contributed by atoms with E-state index in [0.29, 0.717) is 17.5 Å². The van der Waals surface area contributed by atoms with Crippen molar-refractivity contribution < 1.29 is 41.8 Å². The number of alkyl halides is 3. The number of hydrogen-bond acceptors (Lipinski definition) is 6. The summed E-state index contributed by atoms with van der Waals surface area (Å²) in [4.78, 5) is 35.7. The summed E-state index contributed by atoms with van der Waals surface area (Å²) < 4.78 is 54.3. The van der Waals surface area contributed by atoms with Gasteiger partial charge in [-0.25, -0.2) is 4.79 Å². The van der Waals surface area contributed by atoms with Gasteiger partial charge in [-0.3, -0.25) is 9.59 Å². The van der Waals surface area contributed by atoms with Crippen molar-refractivity contribution in [3.63, 3.8) is 0 Å². The number of methoxy groups -OCH3 is 1. The molecule has 1 aliphatic rings.